The highest BCUT2D eigenvalue weighted by Gasteiger charge is 2.31. The van der Waals surface area contributed by atoms with Crippen LogP contribution in [-0.2, 0) is 0 Å². The van der Waals surface area contributed by atoms with Crippen molar-refractivity contribution in [2.45, 2.75) is 12.5 Å². The summed E-state index contributed by atoms with van der Waals surface area (Å²) in [6.45, 7) is 0.0388. The van der Waals surface area contributed by atoms with E-state index in [1.807, 2.05) is 0 Å². The number of rotatable bonds is 1. The Morgan fingerprint density at radius 1 is 1.09 bits per heavy atom. The Balaban J connectivity index is 2.05. The van der Waals surface area contributed by atoms with Crippen LogP contribution in [0.3, 0.4) is 0 Å². The van der Waals surface area contributed by atoms with Gasteiger partial charge in [-0.2, -0.15) is 0 Å². The van der Waals surface area contributed by atoms with E-state index in [-0.39, 0.29) is 24.2 Å². The van der Waals surface area contributed by atoms with E-state index < -0.39 is 40.8 Å². The van der Waals surface area contributed by atoms with Crippen molar-refractivity contribution in [2.24, 2.45) is 0 Å². The number of carbonyl (C=O) groups excluding carboxylic acids is 1. The number of carbonyl (C=O) groups is 1. The molecule has 0 saturated heterocycles. The zero-order valence-electron chi connectivity index (χ0n) is 11.7. The highest BCUT2D eigenvalue weighted by Crippen LogP contribution is 2.35. The summed E-state index contributed by atoms with van der Waals surface area (Å²) in [6.07, 6.45) is -0.840. The van der Waals surface area contributed by atoms with Crippen molar-refractivity contribution >= 4 is 11.6 Å². The lowest BCUT2D eigenvalue weighted by Gasteiger charge is -2.32. The topological polar surface area (TPSA) is 40.5 Å². The van der Waals surface area contributed by atoms with Gasteiger partial charge in [0.1, 0.15) is 5.82 Å². The molecule has 3 rings (SSSR count). The lowest BCUT2D eigenvalue weighted by Crippen LogP contribution is -2.37. The van der Waals surface area contributed by atoms with Crippen LogP contribution in [0.4, 0.5) is 23.2 Å². The molecule has 0 bridgehead atoms. The van der Waals surface area contributed by atoms with Crippen LogP contribution in [0.5, 0.6) is 0 Å². The average molecular weight is 325 g/mol. The van der Waals surface area contributed by atoms with Gasteiger partial charge in [0.15, 0.2) is 17.5 Å². The largest absolute Gasteiger partial charge is 0.388 e. The summed E-state index contributed by atoms with van der Waals surface area (Å²) < 4.78 is 53.4. The first-order chi connectivity index (χ1) is 10.9. The highest BCUT2D eigenvalue weighted by atomic mass is 19.2. The molecule has 0 fully saturated rings. The van der Waals surface area contributed by atoms with Crippen molar-refractivity contribution in [3.05, 3.63) is 64.7 Å². The van der Waals surface area contributed by atoms with Crippen molar-refractivity contribution in [2.75, 3.05) is 11.4 Å². The van der Waals surface area contributed by atoms with Crippen molar-refractivity contribution in [3.8, 4) is 0 Å². The van der Waals surface area contributed by atoms with E-state index in [1.165, 1.54) is 6.07 Å². The first-order valence-electron chi connectivity index (χ1n) is 6.83. The lowest BCUT2D eigenvalue weighted by atomic mass is 9.97. The molecule has 0 aromatic heterocycles. The Labute approximate surface area is 128 Å². The standard InChI is InChI=1S/C16H11F4NO2/c17-8-1-4-12-10(7-8)13(22)5-6-21(12)16(23)9-2-3-11(18)15(20)14(9)19/h1-4,7,13,22H,5-6H2. The third kappa shape index (κ3) is 2.57. The minimum Gasteiger partial charge on any atom is -0.388 e. The first kappa shape index (κ1) is 15.5. The summed E-state index contributed by atoms with van der Waals surface area (Å²) in [4.78, 5) is 13.6. The quantitative estimate of drug-likeness (QED) is 0.645. The van der Waals surface area contributed by atoms with Crippen LogP contribution < -0.4 is 4.90 Å². The molecule has 1 aliphatic heterocycles. The average Bonchev–Trinajstić information content (AvgIpc) is 2.53. The number of halogens is 4. The van der Waals surface area contributed by atoms with Gasteiger partial charge in [-0.15, -0.1) is 0 Å². The Morgan fingerprint density at radius 2 is 1.83 bits per heavy atom. The number of hydrogen-bond donors (Lipinski definition) is 1. The molecule has 1 atom stereocenters. The van der Waals surface area contributed by atoms with Gasteiger partial charge in [0, 0.05) is 17.8 Å². The van der Waals surface area contributed by atoms with Crippen molar-refractivity contribution < 1.29 is 27.5 Å². The van der Waals surface area contributed by atoms with E-state index in [4.69, 9.17) is 0 Å². The monoisotopic (exact) mass is 325 g/mol. The third-order valence-corrected chi connectivity index (χ3v) is 3.78. The molecule has 0 spiro atoms. The van der Waals surface area contributed by atoms with E-state index in [9.17, 15) is 27.5 Å². The number of nitrogens with zero attached hydrogens (tertiary/aromatic N) is 1. The molecule has 0 aliphatic carbocycles. The van der Waals surface area contributed by atoms with E-state index in [0.717, 1.165) is 23.1 Å². The smallest absolute Gasteiger partial charge is 0.261 e. The zero-order chi connectivity index (χ0) is 16.7. The van der Waals surface area contributed by atoms with Gasteiger partial charge in [0.25, 0.3) is 5.91 Å². The molecule has 1 unspecified atom stereocenters. The van der Waals surface area contributed by atoms with Gasteiger partial charge in [-0.25, -0.2) is 17.6 Å². The molecule has 3 nitrogen and oxygen atoms in total. The summed E-state index contributed by atoms with van der Waals surface area (Å²) in [5.41, 5.74) is -0.234. The SMILES string of the molecule is O=C(c1ccc(F)c(F)c1F)N1CCC(O)c2cc(F)ccc21. The van der Waals surface area contributed by atoms with Gasteiger partial charge in [-0.05, 0) is 36.8 Å². The van der Waals surface area contributed by atoms with Crippen LogP contribution in [0.15, 0.2) is 30.3 Å². The predicted octanol–water partition coefficient (Wildman–Crippen LogP) is 3.33. The van der Waals surface area contributed by atoms with Gasteiger partial charge < -0.3 is 10.0 Å². The van der Waals surface area contributed by atoms with Crippen LogP contribution in [0.2, 0.25) is 0 Å². The van der Waals surface area contributed by atoms with Crippen LogP contribution >= 0.6 is 0 Å². The second-order valence-corrected chi connectivity index (χ2v) is 5.19. The molecule has 2 aromatic carbocycles. The second-order valence-electron chi connectivity index (χ2n) is 5.19. The zero-order valence-corrected chi connectivity index (χ0v) is 11.7. The van der Waals surface area contributed by atoms with E-state index in [2.05, 4.69) is 0 Å². The van der Waals surface area contributed by atoms with Gasteiger partial charge in [-0.3, -0.25) is 4.79 Å². The van der Waals surface area contributed by atoms with Crippen molar-refractivity contribution in [1.82, 2.24) is 0 Å². The summed E-state index contributed by atoms with van der Waals surface area (Å²) in [5, 5.41) is 9.90. The molecule has 1 amide bonds. The van der Waals surface area contributed by atoms with E-state index >= 15 is 0 Å². The van der Waals surface area contributed by atoms with E-state index in [1.54, 1.807) is 0 Å². The molecule has 2 aromatic rings. The summed E-state index contributed by atoms with van der Waals surface area (Å²) in [7, 11) is 0. The van der Waals surface area contributed by atoms with Gasteiger partial charge in [0.2, 0.25) is 0 Å². The third-order valence-electron chi connectivity index (χ3n) is 3.78. The molecule has 7 heteroatoms. The maximum Gasteiger partial charge on any atom is 0.261 e. The normalized spacial score (nSPS) is 17.1. The number of hydrogen-bond acceptors (Lipinski definition) is 2. The summed E-state index contributed by atoms with van der Waals surface area (Å²) >= 11 is 0. The van der Waals surface area contributed by atoms with Gasteiger partial charge >= 0.3 is 0 Å². The number of amides is 1. The fraction of sp³-hybridized carbons (Fsp3) is 0.188. The minimum absolute atomic E-state index is 0.0388. The Morgan fingerprint density at radius 3 is 2.57 bits per heavy atom. The van der Waals surface area contributed by atoms with Gasteiger partial charge in [-0.1, -0.05) is 0 Å². The number of fused-ring (bicyclic) bond motifs is 1. The van der Waals surface area contributed by atoms with E-state index in [0.29, 0.717) is 6.07 Å². The molecule has 0 radical (unpaired) electrons. The molecule has 23 heavy (non-hydrogen) atoms. The Bertz CT molecular complexity index is 794. The lowest BCUT2D eigenvalue weighted by molar-refractivity contribution is 0.0965. The molecular formula is C16H11F4NO2. The van der Waals surface area contributed by atoms with Crippen LogP contribution in [0.25, 0.3) is 0 Å². The molecule has 0 saturated carbocycles. The van der Waals surface area contributed by atoms with Crippen molar-refractivity contribution in [1.29, 1.82) is 0 Å². The highest BCUT2D eigenvalue weighted by molar-refractivity contribution is 6.07. The van der Waals surface area contributed by atoms with Gasteiger partial charge in [0.05, 0.1) is 11.7 Å². The molecule has 1 heterocycles. The summed E-state index contributed by atoms with van der Waals surface area (Å²) in [5.74, 6) is -6.18. The molecule has 120 valence electrons. The van der Waals surface area contributed by atoms with Crippen LogP contribution in [0, 0.1) is 23.3 Å². The number of aliphatic hydroxyl groups excluding tert-OH is 1. The number of aliphatic hydroxyl groups is 1. The Kier molecular flexibility index (Phi) is 3.81. The Hall–Kier alpha value is -2.41. The number of anilines is 1. The maximum absolute atomic E-state index is 13.8. The summed E-state index contributed by atoms with van der Waals surface area (Å²) in [6, 6.07) is 4.98. The first-order valence-corrected chi connectivity index (χ1v) is 6.83. The van der Waals surface area contributed by atoms with Crippen LogP contribution in [-0.4, -0.2) is 17.6 Å². The predicted molar refractivity (Wildman–Crippen MR) is 74.0 cm³/mol. The maximum atomic E-state index is 13.8. The fourth-order valence-electron chi connectivity index (χ4n) is 2.61. The molecular weight excluding hydrogens is 314 g/mol. The number of benzene rings is 2. The molecule has 1 aliphatic rings. The molecule has 1 N–H and O–H groups in total. The van der Waals surface area contributed by atoms with Crippen molar-refractivity contribution in [3.63, 3.8) is 0 Å². The van der Waals surface area contributed by atoms with Crippen LogP contribution in [0.1, 0.15) is 28.4 Å². The minimum atomic E-state index is -1.73. The second kappa shape index (κ2) is 5.66. The fourth-order valence-corrected chi connectivity index (χ4v) is 2.61.